The van der Waals surface area contributed by atoms with Crippen LogP contribution in [0.15, 0.2) is 46.9 Å². The van der Waals surface area contributed by atoms with Crippen LogP contribution in [-0.4, -0.2) is 38.6 Å². The van der Waals surface area contributed by atoms with Crippen LogP contribution in [0.5, 0.6) is 11.5 Å². The lowest BCUT2D eigenvalue weighted by Gasteiger charge is -2.11. The molecule has 9 heteroatoms. The highest BCUT2D eigenvalue weighted by molar-refractivity contribution is 9.10. The van der Waals surface area contributed by atoms with Crippen molar-refractivity contribution in [2.45, 2.75) is 19.3 Å². The van der Waals surface area contributed by atoms with Gasteiger partial charge in [-0.05, 0) is 42.8 Å². The fourth-order valence-electron chi connectivity index (χ4n) is 2.46. The summed E-state index contributed by atoms with van der Waals surface area (Å²) in [5, 5.41) is 5.35. The molecule has 2 aromatic carbocycles. The van der Waals surface area contributed by atoms with Crippen LogP contribution in [0.4, 0.5) is 11.4 Å². The molecule has 0 aliphatic rings. The largest absolute Gasteiger partial charge is 0.497 e. The summed E-state index contributed by atoms with van der Waals surface area (Å²) < 4.78 is 16.2. The van der Waals surface area contributed by atoms with Crippen molar-refractivity contribution < 1.29 is 28.6 Å². The summed E-state index contributed by atoms with van der Waals surface area (Å²) in [7, 11) is 2.99. The van der Waals surface area contributed by atoms with Gasteiger partial charge in [0.05, 0.1) is 19.9 Å². The van der Waals surface area contributed by atoms with Crippen LogP contribution in [0, 0.1) is 0 Å². The van der Waals surface area contributed by atoms with Crippen molar-refractivity contribution in [2.75, 3.05) is 31.5 Å². The van der Waals surface area contributed by atoms with Gasteiger partial charge in [0.15, 0.2) is 6.61 Å². The second-order valence-corrected chi connectivity index (χ2v) is 7.10. The lowest BCUT2D eigenvalue weighted by Crippen LogP contribution is -2.21. The van der Waals surface area contributed by atoms with Crippen LogP contribution < -0.4 is 20.1 Å². The lowest BCUT2D eigenvalue weighted by molar-refractivity contribution is -0.147. The maximum Gasteiger partial charge on any atom is 0.306 e. The zero-order chi connectivity index (χ0) is 21.9. The first kappa shape index (κ1) is 23.2. The Morgan fingerprint density at radius 2 is 1.63 bits per heavy atom. The monoisotopic (exact) mass is 478 g/mol. The minimum absolute atomic E-state index is 0.0346. The van der Waals surface area contributed by atoms with Gasteiger partial charge >= 0.3 is 5.97 Å². The number of carbonyl (C=O) groups is 3. The minimum atomic E-state index is -0.553. The van der Waals surface area contributed by atoms with Crippen molar-refractivity contribution in [1.29, 1.82) is 0 Å². The molecule has 0 spiro atoms. The predicted octanol–water partition coefficient (Wildman–Crippen LogP) is 3.76. The summed E-state index contributed by atoms with van der Waals surface area (Å²) in [5.41, 5.74) is 1.11. The molecule has 0 atom stereocenters. The third-order valence-corrected chi connectivity index (χ3v) is 4.49. The molecule has 0 heterocycles. The van der Waals surface area contributed by atoms with E-state index in [4.69, 9.17) is 14.2 Å². The van der Waals surface area contributed by atoms with Gasteiger partial charge < -0.3 is 24.8 Å². The molecule has 2 aromatic rings. The Morgan fingerprint density at radius 1 is 0.900 bits per heavy atom. The Balaban J connectivity index is 1.68. The van der Waals surface area contributed by atoms with Crippen LogP contribution in [-0.2, 0) is 19.1 Å². The molecule has 2 amide bonds. The topological polar surface area (TPSA) is 103 Å². The Hall–Kier alpha value is -3.07. The molecular weight excluding hydrogens is 456 g/mol. The Bertz CT molecular complexity index is 886. The van der Waals surface area contributed by atoms with Crippen LogP contribution >= 0.6 is 15.9 Å². The number of rotatable bonds is 10. The first-order valence-corrected chi connectivity index (χ1v) is 9.93. The molecular formula is C21H23BrN2O6. The van der Waals surface area contributed by atoms with E-state index in [1.165, 1.54) is 14.2 Å². The van der Waals surface area contributed by atoms with E-state index < -0.39 is 18.5 Å². The van der Waals surface area contributed by atoms with E-state index in [0.717, 1.165) is 4.47 Å². The smallest absolute Gasteiger partial charge is 0.306 e. The van der Waals surface area contributed by atoms with Crippen molar-refractivity contribution in [1.82, 2.24) is 0 Å². The van der Waals surface area contributed by atoms with Crippen molar-refractivity contribution in [3.63, 3.8) is 0 Å². The highest BCUT2D eigenvalue weighted by Crippen LogP contribution is 2.28. The van der Waals surface area contributed by atoms with Gasteiger partial charge in [0.2, 0.25) is 5.91 Å². The van der Waals surface area contributed by atoms with Gasteiger partial charge in [0.25, 0.3) is 5.91 Å². The van der Waals surface area contributed by atoms with Gasteiger partial charge in [-0.3, -0.25) is 14.4 Å². The quantitative estimate of drug-likeness (QED) is 0.504. The summed E-state index contributed by atoms with van der Waals surface area (Å²) in [6, 6.07) is 12.1. The minimum Gasteiger partial charge on any atom is -0.497 e. The van der Waals surface area contributed by atoms with Gasteiger partial charge in [-0.1, -0.05) is 15.9 Å². The molecule has 2 N–H and O–H groups in total. The van der Waals surface area contributed by atoms with Gasteiger partial charge in [0.1, 0.15) is 11.5 Å². The molecule has 0 aromatic heterocycles. The Labute approximate surface area is 183 Å². The fraction of sp³-hybridized carbons (Fsp3) is 0.286. The number of benzene rings is 2. The Morgan fingerprint density at radius 3 is 2.30 bits per heavy atom. The van der Waals surface area contributed by atoms with Gasteiger partial charge in [-0.2, -0.15) is 0 Å². The van der Waals surface area contributed by atoms with E-state index in [-0.39, 0.29) is 18.7 Å². The van der Waals surface area contributed by atoms with Crippen molar-refractivity contribution in [3.05, 3.63) is 46.9 Å². The molecule has 0 saturated carbocycles. The number of methoxy groups -OCH3 is 2. The maximum atomic E-state index is 12.0. The number of nitrogens with one attached hydrogen (secondary N) is 2. The molecule has 160 valence electrons. The molecule has 0 unspecified atom stereocenters. The zero-order valence-corrected chi connectivity index (χ0v) is 18.3. The van der Waals surface area contributed by atoms with E-state index in [1.807, 2.05) is 12.1 Å². The van der Waals surface area contributed by atoms with Gasteiger partial charge in [0, 0.05) is 29.1 Å². The first-order chi connectivity index (χ1) is 14.4. The van der Waals surface area contributed by atoms with E-state index in [0.29, 0.717) is 29.3 Å². The summed E-state index contributed by atoms with van der Waals surface area (Å²) in [6.07, 6.45) is 0.516. The lowest BCUT2D eigenvalue weighted by atomic mass is 10.2. The molecule has 30 heavy (non-hydrogen) atoms. The summed E-state index contributed by atoms with van der Waals surface area (Å²) in [5.74, 6) is -0.246. The van der Waals surface area contributed by atoms with Crippen LogP contribution in [0.3, 0.4) is 0 Å². The highest BCUT2D eigenvalue weighted by Gasteiger charge is 2.12. The van der Waals surface area contributed by atoms with Crippen molar-refractivity contribution in [3.8, 4) is 11.5 Å². The number of amides is 2. The molecule has 0 bridgehead atoms. The van der Waals surface area contributed by atoms with Crippen LogP contribution in [0.2, 0.25) is 0 Å². The van der Waals surface area contributed by atoms with Gasteiger partial charge in [-0.25, -0.2) is 0 Å². The third kappa shape index (κ3) is 7.75. The van der Waals surface area contributed by atoms with Crippen LogP contribution in [0.1, 0.15) is 19.3 Å². The number of hydrogen-bond donors (Lipinski definition) is 2. The van der Waals surface area contributed by atoms with E-state index in [2.05, 4.69) is 26.6 Å². The zero-order valence-electron chi connectivity index (χ0n) is 16.7. The standard InChI is InChI=1S/C21H23BrN2O6/c1-28-16-10-11-17(18(12-16)29-2)24-20(26)13-30-21(27)5-3-4-19(25)23-15-8-6-14(22)7-9-15/h6-12H,3-5,13H2,1-2H3,(H,23,25)(H,24,26). The predicted molar refractivity (Wildman–Crippen MR) is 116 cm³/mol. The number of halogens is 1. The number of hydrogen-bond acceptors (Lipinski definition) is 6. The van der Waals surface area contributed by atoms with E-state index in [1.54, 1.807) is 30.3 Å². The number of ether oxygens (including phenoxy) is 3. The fourth-order valence-corrected chi connectivity index (χ4v) is 2.72. The molecule has 0 radical (unpaired) electrons. The first-order valence-electron chi connectivity index (χ1n) is 9.14. The van der Waals surface area contributed by atoms with E-state index >= 15 is 0 Å². The number of esters is 1. The Kier molecular flexibility index (Phi) is 9.14. The third-order valence-electron chi connectivity index (χ3n) is 3.96. The second kappa shape index (κ2) is 11.8. The summed E-state index contributed by atoms with van der Waals surface area (Å²) >= 11 is 3.32. The average Bonchev–Trinajstić information content (AvgIpc) is 2.74. The molecule has 2 rings (SSSR count). The highest BCUT2D eigenvalue weighted by atomic mass is 79.9. The summed E-state index contributed by atoms with van der Waals surface area (Å²) in [6.45, 7) is -0.431. The van der Waals surface area contributed by atoms with Crippen molar-refractivity contribution in [2.24, 2.45) is 0 Å². The molecule has 0 saturated heterocycles. The maximum absolute atomic E-state index is 12.0. The van der Waals surface area contributed by atoms with E-state index in [9.17, 15) is 14.4 Å². The second-order valence-electron chi connectivity index (χ2n) is 6.18. The van der Waals surface area contributed by atoms with Gasteiger partial charge in [-0.15, -0.1) is 0 Å². The number of carbonyl (C=O) groups excluding carboxylic acids is 3. The SMILES string of the molecule is COc1ccc(NC(=O)COC(=O)CCCC(=O)Nc2ccc(Br)cc2)c(OC)c1. The van der Waals surface area contributed by atoms with Crippen LogP contribution in [0.25, 0.3) is 0 Å². The molecule has 0 aliphatic heterocycles. The molecule has 8 nitrogen and oxygen atoms in total. The summed E-state index contributed by atoms with van der Waals surface area (Å²) in [4.78, 5) is 35.7. The number of anilines is 2. The van der Waals surface area contributed by atoms with Crippen molar-refractivity contribution >= 4 is 45.1 Å². The molecule has 0 aliphatic carbocycles. The average molecular weight is 479 g/mol. The molecule has 0 fully saturated rings. The normalized spacial score (nSPS) is 10.1.